The molecule has 4 nitrogen and oxygen atoms in total. The molecule has 98 valence electrons. The molecule has 0 bridgehead atoms. The summed E-state index contributed by atoms with van der Waals surface area (Å²) >= 11 is 0. The van der Waals surface area contributed by atoms with Crippen LogP contribution in [0, 0.1) is 0 Å². The Morgan fingerprint density at radius 2 is 2.06 bits per heavy atom. The van der Waals surface area contributed by atoms with Crippen LogP contribution in [-0.2, 0) is 9.84 Å². The van der Waals surface area contributed by atoms with Gasteiger partial charge >= 0.3 is 0 Å². The smallest absolute Gasteiger partial charge is 0.151 e. The van der Waals surface area contributed by atoms with Crippen molar-refractivity contribution in [2.45, 2.75) is 24.9 Å². The molecule has 0 spiro atoms. The lowest BCUT2D eigenvalue weighted by Gasteiger charge is -2.28. The highest BCUT2D eigenvalue weighted by atomic mass is 32.2. The average molecular weight is 267 g/mol. The van der Waals surface area contributed by atoms with Gasteiger partial charge in [-0.05, 0) is 12.5 Å². The third kappa shape index (κ3) is 2.37. The van der Waals surface area contributed by atoms with Gasteiger partial charge in [0.25, 0.3) is 0 Å². The summed E-state index contributed by atoms with van der Waals surface area (Å²) in [7, 11) is -2.82. The van der Waals surface area contributed by atoms with Crippen LogP contribution in [0.2, 0.25) is 0 Å². The van der Waals surface area contributed by atoms with Crippen molar-refractivity contribution < 1.29 is 13.2 Å². The van der Waals surface area contributed by atoms with Crippen molar-refractivity contribution in [1.82, 2.24) is 5.32 Å². The quantitative estimate of drug-likeness (QED) is 0.877. The SMILES string of the molecule is O=S1(=O)CCC(NC2CCOc3ccccc32)C1. The standard InChI is InChI=1S/C13H17NO3S/c15-18(16)8-6-10(9-18)14-12-5-7-17-13-4-2-1-3-11(12)13/h1-4,10,12,14H,5-9H2. The first-order valence-electron chi connectivity index (χ1n) is 6.32. The summed E-state index contributed by atoms with van der Waals surface area (Å²) in [5.74, 6) is 1.50. The third-order valence-electron chi connectivity index (χ3n) is 3.63. The molecule has 18 heavy (non-hydrogen) atoms. The van der Waals surface area contributed by atoms with E-state index in [-0.39, 0.29) is 17.8 Å². The highest BCUT2D eigenvalue weighted by Crippen LogP contribution is 2.32. The van der Waals surface area contributed by atoms with E-state index in [0.717, 1.165) is 24.2 Å². The Bertz CT molecular complexity index is 541. The predicted molar refractivity (Wildman–Crippen MR) is 69.5 cm³/mol. The zero-order valence-corrected chi connectivity index (χ0v) is 10.9. The molecule has 0 amide bonds. The normalized spacial score (nSPS) is 29.6. The van der Waals surface area contributed by atoms with Crippen molar-refractivity contribution in [3.05, 3.63) is 29.8 Å². The minimum atomic E-state index is -2.82. The number of rotatable bonds is 2. The van der Waals surface area contributed by atoms with Crippen LogP contribution in [-0.4, -0.2) is 32.6 Å². The fraction of sp³-hybridized carbons (Fsp3) is 0.538. The highest BCUT2D eigenvalue weighted by molar-refractivity contribution is 7.91. The Labute approximate surface area is 107 Å². The van der Waals surface area contributed by atoms with Crippen molar-refractivity contribution in [1.29, 1.82) is 0 Å². The van der Waals surface area contributed by atoms with E-state index in [0.29, 0.717) is 12.4 Å². The molecule has 2 aliphatic heterocycles. The predicted octanol–water partition coefficient (Wildman–Crippen LogP) is 1.29. The van der Waals surface area contributed by atoms with Gasteiger partial charge in [-0.1, -0.05) is 18.2 Å². The van der Waals surface area contributed by atoms with Gasteiger partial charge in [0.1, 0.15) is 5.75 Å². The maximum Gasteiger partial charge on any atom is 0.151 e. The molecule has 2 unspecified atom stereocenters. The first-order chi connectivity index (χ1) is 8.64. The van der Waals surface area contributed by atoms with E-state index < -0.39 is 9.84 Å². The highest BCUT2D eigenvalue weighted by Gasteiger charge is 2.31. The van der Waals surface area contributed by atoms with Crippen molar-refractivity contribution in [2.24, 2.45) is 0 Å². The second-order valence-corrected chi connectivity index (χ2v) is 7.22. The second-order valence-electron chi connectivity index (χ2n) is 4.99. The first-order valence-corrected chi connectivity index (χ1v) is 8.14. The van der Waals surface area contributed by atoms with Crippen LogP contribution in [0.5, 0.6) is 5.75 Å². The lowest BCUT2D eigenvalue weighted by atomic mass is 9.99. The van der Waals surface area contributed by atoms with Crippen LogP contribution in [0.25, 0.3) is 0 Å². The summed E-state index contributed by atoms with van der Waals surface area (Å²) in [6, 6.07) is 8.28. The van der Waals surface area contributed by atoms with E-state index in [1.165, 1.54) is 0 Å². The lowest BCUT2D eigenvalue weighted by molar-refractivity contribution is 0.246. The van der Waals surface area contributed by atoms with Crippen molar-refractivity contribution in [2.75, 3.05) is 18.1 Å². The van der Waals surface area contributed by atoms with E-state index in [4.69, 9.17) is 4.74 Å². The summed E-state index contributed by atoms with van der Waals surface area (Å²) in [4.78, 5) is 0. The van der Waals surface area contributed by atoms with E-state index in [1.807, 2.05) is 18.2 Å². The lowest BCUT2D eigenvalue weighted by Crippen LogP contribution is -2.36. The van der Waals surface area contributed by atoms with Gasteiger partial charge in [-0.3, -0.25) is 0 Å². The molecule has 1 saturated heterocycles. The minimum Gasteiger partial charge on any atom is -0.493 e. The van der Waals surface area contributed by atoms with Gasteiger partial charge in [0, 0.05) is 24.1 Å². The summed E-state index contributed by atoms with van der Waals surface area (Å²) in [6.45, 7) is 0.689. The molecule has 0 saturated carbocycles. The number of hydrogen-bond donors (Lipinski definition) is 1. The fourth-order valence-electron chi connectivity index (χ4n) is 2.73. The monoisotopic (exact) mass is 267 g/mol. The average Bonchev–Trinajstić information content (AvgIpc) is 2.69. The molecule has 0 radical (unpaired) electrons. The molecule has 0 aromatic heterocycles. The van der Waals surface area contributed by atoms with Crippen molar-refractivity contribution >= 4 is 9.84 Å². The Balaban J connectivity index is 1.75. The number of benzene rings is 1. The minimum absolute atomic E-state index is 0.0890. The molecule has 2 aliphatic rings. The number of nitrogens with one attached hydrogen (secondary N) is 1. The van der Waals surface area contributed by atoms with Crippen molar-refractivity contribution in [3.63, 3.8) is 0 Å². The number of sulfone groups is 1. The summed E-state index contributed by atoms with van der Waals surface area (Å²) < 4.78 is 28.5. The van der Waals surface area contributed by atoms with Gasteiger partial charge < -0.3 is 10.1 Å². The van der Waals surface area contributed by atoms with Gasteiger partial charge in [-0.25, -0.2) is 8.42 Å². The first kappa shape index (κ1) is 12.0. The molecule has 3 rings (SSSR count). The Morgan fingerprint density at radius 3 is 2.83 bits per heavy atom. The maximum atomic E-state index is 11.5. The van der Waals surface area contributed by atoms with Crippen LogP contribution in [0.4, 0.5) is 0 Å². The van der Waals surface area contributed by atoms with Crippen LogP contribution in [0.3, 0.4) is 0 Å². The van der Waals surface area contributed by atoms with Gasteiger partial charge in [0.05, 0.1) is 18.1 Å². The zero-order chi connectivity index (χ0) is 12.6. The molecular formula is C13H17NO3S. The molecule has 1 fully saturated rings. The topological polar surface area (TPSA) is 55.4 Å². The second kappa shape index (κ2) is 4.55. The van der Waals surface area contributed by atoms with Gasteiger partial charge in [-0.15, -0.1) is 0 Å². The Kier molecular flexibility index (Phi) is 3.03. The third-order valence-corrected chi connectivity index (χ3v) is 5.40. The zero-order valence-electron chi connectivity index (χ0n) is 10.1. The largest absolute Gasteiger partial charge is 0.493 e. The Hall–Kier alpha value is -1.07. The number of para-hydroxylation sites is 1. The molecular weight excluding hydrogens is 250 g/mol. The van der Waals surface area contributed by atoms with Crippen LogP contribution < -0.4 is 10.1 Å². The molecule has 5 heteroatoms. The van der Waals surface area contributed by atoms with Crippen LogP contribution in [0.1, 0.15) is 24.4 Å². The van der Waals surface area contributed by atoms with E-state index in [9.17, 15) is 8.42 Å². The number of ether oxygens (including phenoxy) is 1. The van der Waals surface area contributed by atoms with Gasteiger partial charge in [0.2, 0.25) is 0 Å². The van der Waals surface area contributed by atoms with Crippen LogP contribution >= 0.6 is 0 Å². The summed E-state index contributed by atoms with van der Waals surface area (Å²) in [5, 5.41) is 3.47. The summed E-state index contributed by atoms with van der Waals surface area (Å²) in [6.07, 6.45) is 1.62. The van der Waals surface area contributed by atoms with Gasteiger partial charge in [-0.2, -0.15) is 0 Å². The molecule has 1 aromatic rings. The number of hydrogen-bond acceptors (Lipinski definition) is 4. The number of fused-ring (bicyclic) bond motifs is 1. The molecule has 1 N–H and O–H groups in total. The van der Waals surface area contributed by atoms with E-state index in [1.54, 1.807) is 0 Å². The van der Waals surface area contributed by atoms with Crippen molar-refractivity contribution in [3.8, 4) is 5.75 Å². The molecule has 0 aliphatic carbocycles. The van der Waals surface area contributed by atoms with Crippen LogP contribution in [0.15, 0.2) is 24.3 Å². The fourth-order valence-corrected chi connectivity index (χ4v) is 4.41. The Morgan fingerprint density at radius 1 is 1.22 bits per heavy atom. The molecule has 1 aromatic carbocycles. The maximum absolute atomic E-state index is 11.5. The molecule has 2 heterocycles. The molecule has 2 atom stereocenters. The van der Waals surface area contributed by atoms with Gasteiger partial charge in [0.15, 0.2) is 9.84 Å². The van der Waals surface area contributed by atoms with E-state index >= 15 is 0 Å². The van der Waals surface area contributed by atoms with E-state index in [2.05, 4.69) is 11.4 Å². The summed E-state index contributed by atoms with van der Waals surface area (Å²) in [5.41, 5.74) is 1.15.